The third-order valence-corrected chi connectivity index (χ3v) is 4.06. The molecule has 0 fully saturated rings. The molecule has 1 heterocycles. The number of methoxy groups -OCH3 is 1. The molecule has 2 rings (SSSR count). The highest BCUT2D eigenvalue weighted by atomic mass is 16.5. The zero-order valence-electron chi connectivity index (χ0n) is 15.9. The van der Waals surface area contributed by atoms with E-state index in [1.54, 1.807) is 24.7 Å². The number of ether oxygens (including phenoxy) is 1. The van der Waals surface area contributed by atoms with Gasteiger partial charge < -0.3 is 15.6 Å². The van der Waals surface area contributed by atoms with E-state index >= 15 is 0 Å². The topological polar surface area (TPSA) is 86.2 Å². The maximum absolute atomic E-state index is 9.52. The lowest BCUT2D eigenvalue weighted by atomic mass is 10.0. The quantitative estimate of drug-likeness (QED) is 0.591. The van der Waals surface area contributed by atoms with Crippen LogP contribution in [-0.2, 0) is 0 Å². The number of rotatable bonds is 6. The van der Waals surface area contributed by atoms with Gasteiger partial charge in [0.15, 0.2) is 5.82 Å². The van der Waals surface area contributed by atoms with E-state index in [2.05, 4.69) is 23.2 Å². The zero-order valence-corrected chi connectivity index (χ0v) is 15.9. The number of allylic oxidation sites excluding steroid dienone is 6. The minimum atomic E-state index is 0.281. The zero-order chi connectivity index (χ0) is 19.3. The van der Waals surface area contributed by atoms with Crippen LogP contribution >= 0.6 is 0 Å². The summed E-state index contributed by atoms with van der Waals surface area (Å²) in [7, 11) is 1.62. The third kappa shape index (κ3) is 4.33. The molecule has 6 heteroatoms. The van der Waals surface area contributed by atoms with Crippen molar-refractivity contribution >= 4 is 11.5 Å². The highest BCUT2D eigenvalue weighted by Gasteiger charge is 2.14. The highest BCUT2D eigenvalue weighted by molar-refractivity contribution is 5.65. The molecule has 1 aromatic heterocycles. The van der Waals surface area contributed by atoms with Crippen LogP contribution in [0.3, 0.4) is 0 Å². The van der Waals surface area contributed by atoms with Crippen LogP contribution in [0, 0.1) is 0 Å². The van der Waals surface area contributed by atoms with Gasteiger partial charge in [0.25, 0.3) is 0 Å². The smallest absolute Gasteiger partial charge is 0.226 e. The summed E-state index contributed by atoms with van der Waals surface area (Å²) in [5.41, 5.74) is 9.93. The predicted molar refractivity (Wildman–Crippen MR) is 105 cm³/mol. The average molecular weight is 354 g/mol. The second kappa shape index (κ2) is 8.38. The first kappa shape index (κ1) is 19.3. The van der Waals surface area contributed by atoms with Gasteiger partial charge in [-0.1, -0.05) is 19.1 Å². The van der Waals surface area contributed by atoms with Crippen LogP contribution < -0.4 is 10.5 Å². The molecule has 0 aliphatic rings. The number of benzene rings is 1. The second-order valence-electron chi connectivity index (χ2n) is 6.09. The molecular formula is C20H26N4O2. The molecule has 138 valence electrons. The molecule has 2 aromatic rings. The summed E-state index contributed by atoms with van der Waals surface area (Å²) in [6, 6.07) is 7.58. The van der Waals surface area contributed by atoms with Crippen LogP contribution in [0.25, 0.3) is 11.3 Å². The first-order valence-corrected chi connectivity index (χ1v) is 8.48. The number of nitrogen functional groups attached to an aromatic ring is 1. The van der Waals surface area contributed by atoms with Gasteiger partial charge in [-0.2, -0.15) is 0 Å². The maximum atomic E-state index is 9.52. The van der Waals surface area contributed by atoms with Crippen molar-refractivity contribution in [2.24, 2.45) is 0 Å². The number of hydrogen-bond acceptors (Lipinski definition) is 5. The standard InChI is InChI=1S/C20H26N4O2/c1-6-16(13(2)10-15(4)25)11-14(3)19-22-23-20(21)24(19)17-8-7-9-18(12-17)26-5/h7-12,25H,6H2,1-5H3,(H2,21,23)/b14-11+,15-10+,16-13-. The van der Waals surface area contributed by atoms with Crippen LogP contribution in [0.15, 0.2) is 53.3 Å². The molecule has 0 atom stereocenters. The summed E-state index contributed by atoms with van der Waals surface area (Å²) < 4.78 is 7.09. The van der Waals surface area contributed by atoms with E-state index < -0.39 is 0 Å². The van der Waals surface area contributed by atoms with Crippen LogP contribution in [0.2, 0.25) is 0 Å². The van der Waals surface area contributed by atoms with Gasteiger partial charge in [-0.15, -0.1) is 10.2 Å². The minimum Gasteiger partial charge on any atom is -0.513 e. The molecule has 0 aliphatic heterocycles. The maximum Gasteiger partial charge on any atom is 0.226 e. The normalized spacial score (nSPS) is 13.6. The SMILES string of the molecule is CCC(/C=C(\C)c1nnc(N)n1-c1cccc(OC)c1)=C(C)/C=C(\C)O. The van der Waals surface area contributed by atoms with E-state index in [1.165, 1.54) is 0 Å². The lowest BCUT2D eigenvalue weighted by Gasteiger charge is -2.11. The van der Waals surface area contributed by atoms with Gasteiger partial charge in [0, 0.05) is 6.07 Å². The Morgan fingerprint density at radius 1 is 1.23 bits per heavy atom. The van der Waals surface area contributed by atoms with Gasteiger partial charge in [0.1, 0.15) is 5.75 Å². The second-order valence-corrected chi connectivity index (χ2v) is 6.09. The molecule has 6 nitrogen and oxygen atoms in total. The van der Waals surface area contributed by atoms with Gasteiger partial charge >= 0.3 is 0 Å². The monoisotopic (exact) mass is 354 g/mol. The number of hydrogen-bond donors (Lipinski definition) is 2. The molecule has 0 amide bonds. The third-order valence-electron chi connectivity index (χ3n) is 4.06. The Kier molecular flexibility index (Phi) is 6.22. The van der Waals surface area contributed by atoms with Crippen molar-refractivity contribution in [3.05, 3.63) is 59.1 Å². The number of aliphatic hydroxyl groups is 1. The summed E-state index contributed by atoms with van der Waals surface area (Å²) in [6.07, 6.45) is 4.63. The molecule has 0 radical (unpaired) electrons. The number of nitrogens with two attached hydrogens (primary N) is 1. The van der Waals surface area contributed by atoms with Gasteiger partial charge in [0.05, 0.1) is 18.6 Å². The van der Waals surface area contributed by atoms with Crippen molar-refractivity contribution in [3.8, 4) is 11.4 Å². The van der Waals surface area contributed by atoms with E-state index in [-0.39, 0.29) is 5.76 Å². The van der Waals surface area contributed by atoms with Crippen LogP contribution in [0.5, 0.6) is 5.75 Å². The van der Waals surface area contributed by atoms with Crippen molar-refractivity contribution in [2.75, 3.05) is 12.8 Å². The first-order chi connectivity index (χ1) is 12.4. The lowest BCUT2D eigenvalue weighted by molar-refractivity contribution is 0.414. The Morgan fingerprint density at radius 2 is 1.96 bits per heavy atom. The Hall–Kier alpha value is -3.02. The molecule has 0 saturated carbocycles. The van der Waals surface area contributed by atoms with Gasteiger partial charge in [-0.25, -0.2) is 0 Å². The van der Waals surface area contributed by atoms with E-state index in [1.807, 2.05) is 38.1 Å². The molecular weight excluding hydrogens is 328 g/mol. The lowest BCUT2D eigenvalue weighted by Crippen LogP contribution is -2.04. The Bertz CT molecular complexity index is 872. The van der Waals surface area contributed by atoms with Crippen molar-refractivity contribution in [1.82, 2.24) is 14.8 Å². The number of aromatic nitrogens is 3. The molecule has 0 aliphatic carbocycles. The summed E-state index contributed by atoms with van der Waals surface area (Å²) in [5.74, 6) is 1.99. The highest BCUT2D eigenvalue weighted by Crippen LogP contribution is 2.25. The fourth-order valence-corrected chi connectivity index (χ4v) is 2.78. The molecule has 1 aromatic carbocycles. The molecule has 0 bridgehead atoms. The molecule has 3 N–H and O–H groups in total. The summed E-state index contributed by atoms with van der Waals surface area (Å²) in [5, 5.41) is 17.8. The number of aliphatic hydroxyl groups excluding tert-OH is 1. The van der Waals surface area contributed by atoms with Gasteiger partial charge in [0.2, 0.25) is 5.95 Å². The number of anilines is 1. The van der Waals surface area contributed by atoms with Crippen molar-refractivity contribution in [2.45, 2.75) is 34.1 Å². The molecule has 0 saturated heterocycles. The van der Waals surface area contributed by atoms with Crippen molar-refractivity contribution in [1.29, 1.82) is 0 Å². The van der Waals surface area contributed by atoms with E-state index in [9.17, 15) is 5.11 Å². The first-order valence-electron chi connectivity index (χ1n) is 8.48. The van der Waals surface area contributed by atoms with Crippen LogP contribution in [0.1, 0.15) is 39.9 Å². The van der Waals surface area contributed by atoms with Gasteiger partial charge in [-0.3, -0.25) is 4.57 Å². The summed E-state index contributed by atoms with van der Waals surface area (Å²) in [6.45, 7) is 7.68. The Labute approximate surface area is 154 Å². The Balaban J connectivity index is 2.54. The minimum absolute atomic E-state index is 0.281. The average Bonchev–Trinajstić information content (AvgIpc) is 3.00. The fraction of sp³-hybridized carbons (Fsp3) is 0.300. The van der Waals surface area contributed by atoms with E-state index in [4.69, 9.17) is 10.5 Å². The largest absolute Gasteiger partial charge is 0.513 e. The summed E-state index contributed by atoms with van der Waals surface area (Å²) in [4.78, 5) is 0. The van der Waals surface area contributed by atoms with Gasteiger partial charge in [-0.05, 0) is 62.1 Å². The molecule has 0 unspecified atom stereocenters. The van der Waals surface area contributed by atoms with Crippen LogP contribution in [-0.4, -0.2) is 27.0 Å². The molecule has 0 spiro atoms. The number of nitrogens with zero attached hydrogens (tertiary/aromatic N) is 3. The fourth-order valence-electron chi connectivity index (χ4n) is 2.78. The van der Waals surface area contributed by atoms with Crippen LogP contribution in [0.4, 0.5) is 5.95 Å². The Morgan fingerprint density at radius 3 is 2.58 bits per heavy atom. The summed E-state index contributed by atoms with van der Waals surface area (Å²) >= 11 is 0. The van der Waals surface area contributed by atoms with Crippen molar-refractivity contribution < 1.29 is 9.84 Å². The van der Waals surface area contributed by atoms with Crippen molar-refractivity contribution in [3.63, 3.8) is 0 Å². The molecule has 26 heavy (non-hydrogen) atoms. The van der Waals surface area contributed by atoms with E-state index in [0.717, 1.165) is 34.6 Å². The predicted octanol–water partition coefficient (Wildman–Crippen LogP) is 4.45. The van der Waals surface area contributed by atoms with E-state index in [0.29, 0.717) is 11.8 Å².